The molecule has 76 valence electrons. The van der Waals surface area contributed by atoms with Crippen LogP contribution in [0.5, 0.6) is 0 Å². The van der Waals surface area contributed by atoms with Gasteiger partial charge in [-0.25, -0.2) is 5.98 Å². The van der Waals surface area contributed by atoms with Crippen molar-refractivity contribution in [2.24, 2.45) is 0 Å². The van der Waals surface area contributed by atoms with Crippen molar-refractivity contribution in [2.45, 2.75) is 38.9 Å². The maximum absolute atomic E-state index is 5.51. The Morgan fingerprint density at radius 3 is 1.58 bits per heavy atom. The van der Waals surface area contributed by atoms with Gasteiger partial charge in [0, 0.05) is 46.9 Å². The predicted octanol–water partition coefficient (Wildman–Crippen LogP) is 1.61. The third-order valence-corrected chi connectivity index (χ3v) is 2.43. The Balaban J connectivity index is 0.00000121. The van der Waals surface area contributed by atoms with E-state index >= 15 is 0 Å². The van der Waals surface area contributed by atoms with Gasteiger partial charge in [-0.15, -0.1) is 0 Å². The van der Waals surface area contributed by atoms with Crippen molar-refractivity contribution < 1.29 is 56.2 Å². The summed E-state index contributed by atoms with van der Waals surface area (Å²) in [6.07, 6.45) is 0. The fourth-order valence-electron chi connectivity index (χ4n) is 0.967. The zero-order valence-electron chi connectivity index (χ0n) is 7.82. The van der Waals surface area contributed by atoms with Crippen LogP contribution in [0.4, 0.5) is 0 Å². The summed E-state index contributed by atoms with van der Waals surface area (Å²) >= 11 is 0. The maximum atomic E-state index is 5.51. The summed E-state index contributed by atoms with van der Waals surface area (Å²) < 4.78 is 11.0. The molecule has 0 unspecified atom stereocenters. The van der Waals surface area contributed by atoms with Crippen LogP contribution in [0.3, 0.4) is 0 Å². The Bertz CT molecular complexity index is 164. The molecule has 0 aliphatic carbocycles. The second kappa shape index (κ2) is 4.18. The summed E-state index contributed by atoms with van der Waals surface area (Å²) in [6.45, 7) is 13.3. The summed E-state index contributed by atoms with van der Waals surface area (Å²) in [5.41, 5.74) is -0.541. The molecule has 0 N–H and O–H groups in total. The van der Waals surface area contributed by atoms with E-state index in [1.807, 2.05) is 27.7 Å². The Kier molecular flexibility index (Phi) is 4.61. The average molecular weight is 326 g/mol. The molecule has 1 heterocycles. The molecular weight excluding hydrogens is 312 g/mol. The number of hydrogen-bond donors (Lipinski definition) is 0. The van der Waals surface area contributed by atoms with Crippen molar-refractivity contribution in [3.8, 4) is 0 Å². The summed E-state index contributed by atoms with van der Waals surface area (Å²) in [5, 5.41) is 0. The smallest absolute Gasteiger partial charge is 0.449 e. The predicted molar refractivity (Wildman–Crippen MR) is 45.0 cm³/mol. The van der Waals surface area contributed by atoms with Crippen LogP contribution >= 0.6 is 0 Å². The molecule has 0 aromatic rings. The van der Waals surface area contributed by atoms with Crippen LogP contribution < -0.4 is 0 Å². The average Bonchev–Trinajstić information content (AvgIpc) is 2.03. The summed E-state index contributed by atoms with van der Waals surface area (Å²) in [4.78, 5) is 0. The van der Waals surface area contributed by atoms with Crippen molar-refractivity contribution in [3.63, 3.8) is 0 Å². The molecule has 0 bridgehead atoms. The number of hydrogen-bond acceptors (Lipinski definition) is 2. The topological polar surface area (TPSA) is 18.5 Å². The molecule has 0 amide bonds. The van der Waals surface area contributed by atoms with E-state index in [1.54, 1.807) is 0 Å². The minimum absolute atomic E-state index is 0. The molecule has 1 rings (SSSR count). The zero-order valence-corrected chi connectivity index (χ0v) is 9.53. The van der Waals surface area contributed by atoms with E-state index in [2.05, 4.69) is 0 Å². The fraction of sp³-hybridized carbons (Fsp3) is 0.750. The van der Waals surface area contributed by atoms with E-state index in [0.29, 0.717) is 0 Å². The molecule has 0 saturated carbocycles. The van der Waals surface area contributed by atoms with Gasteiger partial charge >= 0.3 is 7.12 Å². The Morgan fingerprint density at radius 1 is 1.08 bits per heavy atom. The van der Waals surface area contributed by atoms with Crippen LogP contribution in [-0.4, -0.2) is 18.3 Å². The zero-order chi connectivity index (χ0) is 8.70. The molecule has 0 aromatic carbocycles. The van der Waals surface area contributed by atoms with E-state index in [-0.39, 0.29) is 65.2 Å². The van der Waals surface area contributed by atoms with E-state index in [4.69, 9.17) is 15.9 Å². The Hall–Kier alpha value is 1.24. The first-order valence-corrected chi connectivity index (χ1v) is 3.80. The SMILES string of the molecule is [CH-]=CB1OC(C)(C)C(C)(C)O1.[Yb]. The van der Waals surface area contributed by atoms with Gasteiger partial charge in [-0.05, 0) is 27.7 Å². The van der Waals surface area contributed by atoms with E-state index in [0.717, 1.165) is 0 Å². The molecule has 0 atom stereocenters. The molecule has 0 radical (unpaired) electrons. The van der Waals surface area contributed by atoms with Gasteiger partial charge in [0.25, 0.3) is 0 Å². The first kappa shape index (κ1) is 13.2. The van der Waals surface area contributed by atoms with Gasteiger partial charge in [-0.2, -0.15) is 0 Å². The van der Waals surface area contributed by atoms with Gasteiger partial charge < -0.3 is 15.9 Å². The quantitative estimate of drug-likeness (QED) is 0.538. The van der Waals surface area contributed by atoms with E-state index < -0.39 is 0 Å². The first-order valence-electron chi connectivity index (χ1n) is 3.80. The van der Waals surface area contributed by atoms with E-state index in [9.17, 15) is 0 Å². The molecule has 2 nitrogen and oxygen atoms in total. The van der Waals surface area contributed by atoms with Crippen LogP contribution in [0.2, 0.25) is 0 Å². The molecular formula is C8H14BO2Yb-. The largest absolute Gasteiger partial charge is 0.522 e. The van der Waals surface area contributed by atoms with Gasteiger partial charge in [0.15, 0.2) is 0 Å². The van der Waals surface area contributed by atoms with Crippen molar-refractivity contribution in [2.75, 3.05) is 0 Å². The molecule has 4 heteroatoms. The van der Waals surface area contributed by atoms with Crippen LogP contribution in [0.25, 0.3) is 0 Å². The summed E-state index contributed by atoms with van der Waals surface area (Å²) in [6, 6.07) is 0. The van der Waals surface area contributed by atoms with Crippen molar-refractivity contribution in [3.05, 3.63) is 12.6 Å². The van der Waals surface area contributed by atoms with Crippen LogP contribution in [0.15, 0.2) is 5.98 Å². The summed E-state index contributed by atoms with van der Waals surface area (Å²) in [7, 11) is -0.361. The van der Waals surface area contributed by atoms with Crippen molar-refractivity contribution in [1.82, 2.24) is 0 Å². The second-order valence-electron chi connectivity index (χ2n) is 3.82. The first-order chi connectivity index (χ1) is 4.89. The minimum Gasteiger partial charge on any atom is -0.522 e. The Morgan fingerprint density at radius 2 is 1.42 bits per heavy atom. The molecule has 1 aliphatic rings. The van der Waals surface area contributed by atoms with Gasteiger partial charge in [0.05, 0.1) is 11.2 Å². The molecule has 0 spiro atoms. The third-order valence-electron chi connectivity index (χ3n) is 2.43. The second-order valence-corrected chi connectivity index (χ2v) is 3.82. The van der Waals surface area contributed by atoms with Gasteiger partial charge in [0.2, 0.25) is 0 Å². The summed E-state index contributed by atoms with van der Waals surface area (Å²) in [5.74, 6) is 1.43. The van der Waals surface area contributed by atoms with Gasteiger partial charge in [-0.1, -0.05) is 0 Å². The van der Waals surface area contributed by atoms with Gasteiger partial charge in [0.1, 0.15) is 0 Å². The molecule has 1 fully saturated rings. The molecule has 12 heavy (non-hydrogen) atoms. The van der Waals surface area contributed by atoms with Crippen LogP contribution in [0, 0.1) is 53.5 Å². The standard InChI is InChI=1S/C8H14BO2.Yb/c1-6-9-10-7(2,3)8(4,5)11-9;/h1,6H,2-5H3;/q-1;. The van der Waals surface area contributed by atoms with Gasteiger partial charge in [-0.3, -0.25) is 0 Å². The molecule has 1 aliphatic heterocycles. The fourth-order valence-corrected chi connectivity index (χ4v) is 0.967. The third kappa shape index (κ3) is 2.38. The molecule has 1 saturated heterocycles. The normalized spacial score (nSPS) is 24.8. The Labute approximate surface area is 113 Å². The molecule has 0 aromatic heterocycles. The van der Waals surface area contributed by atoms with Crippen molar-refractivity contribution in [1.29, 1.82) is 0 Å². The van der Waals surface area contributed by atoms with E-state index in [1.165, 1.54) is 5.98 Å². The number of rotatable bonds is 1. The van der Waals surface area contributed by atoms with Crippen LogP contribution in [0.1, 0.15) is 27.7 Å². The monoisotopic (exact) mass is 327 g/mol. The van der Waals surface area contributed by atoms with Crippen LogP contribution in [-0.2, 0) is 9.31 Å². The maximum Gasteiger partial charge on any atom is 0.449 e. The minimum atomic E-state index is -0.361. The van der Waals surface area contributed by atoms with Crippen molar-refractivity contribution >= 4 is 7.12 Å².